The van der Waals surface area contributed by atoms with Crippen molar-refractivity contribution >= 4 is 27.3 Å². The van der Waals surface area contributed by atoms with Gasteiger partial charge in [0.1, 0.15) is 0 Å². The third kappa shape index (κ3) is 557. The van der Waals surface area contributed by atoms with Gasteiger partial charge in [-0.05, 0) is 9.24 Å². The van der Waals surface area contributed by atoms with Gasteiger partial charge in [0.2, 0.25) is 5.65 Å². The first kappa shape index (κ1) is 8.95. The standard InChI is InChI=1S/CH4NOP.ClH/c2-1(3)4;/h4H2,(H2,2,3);1H. The minimum absolute atomic E-state index is 0. The predicted molar refractivity (Wildman–Crippen MR) is 26.5 cm³/mol. The maximum atomic E-state index is 9.19. The van der Waals surface area contributed by atoms with Crippen LogP contribution in [0.3, 0.4) is 0 Å². The maximum absolute atomic E-state index is 9.19. The molecule has 0 aliphatic rings. The Morgan fingerprint density at radius 3 is 1.80 bits per heavy atom. The van der Waals surface area contributed by atoms with Crippen molar-refractivity contribution in [2.24, 2.45) is 5.73 Å². The third-order valence-corrected chi connectivity index (χ3v) is 0. The highest BCUT2D eigenvalue weighted by Crippen LogP contribution is 1.70. The van der Waals surface area contributed by atoms with Gasteiger partial charge < -0.3 is 5.73 Å². The molecule has 0 aliphatic heterocycles. The lowest BCUT2D eigenvalue weighted by Gasteiger charge is -1.60. The summed E-state index contributed by atoms with van der Waals surface area (Å²) in [4.78, 5) is 9.19. The molecule has 1 unspecified atom stereocenters. The number of nitrogens with two attached hydrogens (primary N) is 1. The number of amides is 1. The SMILES string of the molecule is Cl.NC(=O)P. The molecule has 4 heteroatoms. The highest BCUT2D eigenvalue weighted by molar-refractivity contribution is 7.39. The molecule has 0 aromatic rings. The summed E-state index contributed by atoms with van der Waals surface area (Å²) in [5.41, 5.74) is 4.02. The molecule has 0 aromatic carbocycles. The van der Waals surface area contributed by atoms with Crippen LogP contribution in [0.2, 0.25) is 0 Å². The van der Waals surface area contributed by atoms with Crippen LogP contribution in [0.4, 0.5) is 4.79 Å². The lowest BCUT2D eigenvalue weighted by atomic mass is 11.5. The zero-order valence-electron chi connectivity index (χ0n) is 2.47. The van der Waals surface area contributed by atoms with Crippen LogP contribution in [0.1, 0.15) is 0 Å². The zero-order chi connectivity index (χ0) is 3.58. The van der Waals surface area contributed by atoms with Crippen molar-refractivity contribution in [3.8, 4) is 0 Å². The van der Waals surface area contributed by atoms with E-state index in [9.17, 15) is 4.79 Å². The van der Waals surface area contributed by atoms with Gasteiger partial charge in [-0.3, -0.25) is 4.79 Å². The number of rotatable bonds is 0. The molecule has 0 rings (SSSR count). The van der Waals surface area contributed by atoms with Gasteiger partial charge in [0, 0.05) is 0 Å². The van der Waals surface area contributed by atoms with Crippen molar-refractivity contribution in [2.45, 2.75) is 0 Å². The minimum Gasteiger partial charge on any atom is -0.367 e. The maximum Gasteiger partial charge on any atom is 0.232 e. The van der Waals surface area contributed by atoms with E-state index in [0.717, 1.165) is 0 Å². The third-order valence-electron chi connectivity index (χ3n) is 0. The molecule has 32 valence electrons. The number of carbonyl (C=O) groups excluding carboxylic acids is 1. The highest BCUT2D eigenvalue weighted by atomic mass is 35.5. The quantitative estimate of drug-likeness (QED) is 0.453. The molecule has 1 amide bonds. The van der Waals surface area contributed by atoms with Crippen LogP contribution in [0, 0.1) is 0 Å². The Kier molecular flexibility index (Phi) is 7.50. The van der Waals surface area contributed by atoms with Crippen molar-refractivity contribution < 1.29 is 4.79 Å². The summed E-state index contributed by atoms with van der Waals surface area (Å²) in [6.45, 7) is 0. The Morgan fingerprint density at radius 1 is 1.80 bits per heavy atom. The van der Waals surface area contributed by atoms with Crippen molar-refractivity contribution in [3.05, 3.63) is 0 Å². The Balaban J connectivity index is 0. The van der Waals surface area contributed by atoms with Gasteiger partial charge in [0.05, 0.1) is 0 Å². The van der Waals surface area contributed by atoms with Crippen LogP contribution in [-0.4, -0.2) is 5.65 Å². The molecular formula is CH5ClNOP. The highest BCUT2D eigenvalue weighted by Gasteiger charge is 1.61. The fourth-order valence-electron chi connectivity index (χ4n) is 0. The Bertz CT molecular complexity index is 34.6. The number of carbonyl (C=O) groups is 1. The molecular weight excluding hydrogens is 108 g/mol. The second-order valence-electron chi connectivity index (χ2n) is 0.402. The van der Waals surface area contributed by atoms with Gasteiger partial charge in [0.15, 0.2) is 0 Å². The topological polar surface area (TPSA) is 43.1 Å². The average molecular weight is 113 g/mol. The monoisotopic (exact) mass is 113 g/mol. The van der Waals surface area contributed by atoms with Crippen molar-refractivity contribution in [2.75, 3.05) is 0 Å². The van der Waals surface area contributed by atoms with E-state index < -0.39 is 5.65 Å². The summed E-state index contributed by atoms with van der Waals surface area (Å²) in [6.07, 6.45) is 0. The number of hydrogen-bond donors (Lipinski definition) is 1. The van der Waals surface area contributed by atoms with Crippen molar-refractivity contribution in [1.29, 1.82) is 0 Å². The van der Waals surface area contributed by atoms with E-state index in [-0.39, 0.29) is 12.4 Å². The molecule has 0 saturated carbocycles. The Morgan fingerprint density at radius 2 is 1.80 bits per heavy atom. The van der Waals surface area contributed by atoms with Crippen LogP contribution < -0.4 is 5.73 Å². The summed E-state index contributed by atoms with van der Waals surface area (Å²) in [7, 11) is 1.80. The van der Waals surface area contributed by atoms with E-state index in [4.69, 9.17) is 0 Å². The summed E-state index contributed by atoms with van der Waals surface area (Å²) in [6, 6.07) is 0. The second-order valence-corrected chi connectivity index (χ2v) is 0.971. The first-order valence-electron chi connectivity index (χ1n) is 0.781. The van der Waals surface area contributed by atoms with Gasteiger partial charge in [0.25, 0.3) is 0 Å². The number of hydrogen-bond acceptors (Lipinski definition) is 1. The van der Waals surface area contributed by atoms with Crippen LogP contribution in [-0.2, 0) is 0 Å². The van der Waals surface area contributed by atoms with Crippen LogP contribution >= 0.6 is 21.6 Å². The van der Waals surface area contributed by atoms with Gasteiger partial charge in [-0.25, -0.2) is 0 Å². The normalized spacial score (nSPS) is 5.00. The number of primary amides is 1. The molecule has 0 fully saturated rings. The molecule has 0 bridgehead atoms. The fourth-order valence-corrected chi connectivity index (χ4v) is 0. The molecule has 5 heavy (non-hydrogen) atoms. The summed E-state index contributed by atoms with van der Waals surface area (Å²) < 4.78 is 0. The number of halogens is 1. The molecule has 0 saturated heterocycles. The molecule has 0 heterocycles. The molecule has 1 atom stereocenters. The zero-order valence-corrected chi connectivity index (χ0v) is 4.44. The molecule has 2 nitrogen and oxygen atoms in total. The second kappa shape index (κ2) is 4.19. The first-order chi connectivity index (χ1) is 1.73. The lowest BCUT2D eigenvalue weighted by molar-refractivity contribution is 0.267. The molecule has 0 aromatic heterocycles. The van der Waals surface area contributed by atoms with E-state index in [0.29, 0.717) is 0 Å². The molecule has 2 N–H and O–H groups in total. The van der Waals surface area contributed by atoms with Crippen LogP contribution in [0.25, 0.3) is 0 Å². The Labute approximate surface area is 38.7 Å². The van der Waals surface area contributed by atoms with Crippen LogP contribution in [0.5, 0.6) is 0 Å². The molecule has 0 radical (unpaired) electrons. The van der Waals surface area contributed by atoms with Gasteiger partial charge in [-0.15, -0.1) is 12.4 Å². The smallest absolute Gasteiger partial charge is 0.232 e. The van der Waals surface area contributed by atoms with Gasteiger partial charge >= 0.3 is 0 Å². The largest absolute Gasteiger partial charge is 0.367 e. The van der Waals surface area contributed by atoms with E-state index >= 15 is 0 Å². The lowest BCUT2D eigenvalue weighted by Crippen LogP contribution is -1.93. The summed E-state index contributed by atoms with van der Waals surface area (Å²) >= 11 is 0. The summed E-state index contributed by atoms with van der Waals surface area (Å²) in [5, 5.41) is 0. The predicted octanol–water partition coefficient (Wildman–Crippen LogP) is 0.362. The van der Waals surface area contributed by atoms with E-state index in [2.05, 4.69) is 5.73 Å². The van der Waals surface area contributed by atoms with Crippen LogP contribution in [0.15, 0.2) is 0 Å². The summed E-state index contributed by atoms with van der Waals surface area (Å²) in [5.74, 6) is 0. The first-order valence-corrected chi connectivity index (χ1v) is 1.36. The molecule has 0 spiro atoms. The average Bonchev–Trinajstić information content (AvgIpc) is 0.811. The van der Waals surface area contributed by atoms with E-state index in [1.807, 2.05) is 0 Å². The Hall–Kier alpha value is 0.190. The van der Waals surface area contributed by atoms with E-state index in [1.165, 1.54) is 0 Å². The fraction of sp³-hybridized carbons (Fsp3) is 0. The van der Waals surface area contributed by atoms with Gasteiger partial charge in [-0.2, -0.15) is 0 Å². The minimum atomic E-state index is -0.417. The van der Waals surface area contributed by atoms with Crippen molar-refractivity contribution in [3.63, 3.8) is 0 Å². The van der Waals surface area contributed by atoms with Crippen molar-refractivity contribution in [1.82, 2.24) is 0 Å². The molecule has 0 aliphatic carbocycles. The van der Waals surface area contributed by atoms with E-state index in [1.54, 1.807) is 9.24 Å². The van der Waals surface area contributed by atoms with Gasteiger partial charge in [-0.1, -0.05) is 0 Å².